The minimum absolute atomic E-state index is 0.430. The van der Waals surface area contributed by atoms with E-state index >= 15 is 0 Å². The summed E-state index contributed by atoms with van der Waals surface area (Å²) in [6.45, 7) is 8.81. The Morgan fingerprint density at radius 2 is 1.43 bits per heavy atom. The summed E-state index contributed by atoms with van der Waals surface area (Å²) in [4.78, 5) is 0.430. The van der Waals surface area contributed by atoms with Crippen molar-refractivity contribution in [2.75, 3.05) is 7.05 Å². The van der Waals surface area contributed by atoms with E-state index in [-0.39, 0.29) is 0 Å². The summed E-state index contributed by atoms with van der Waals surface area (Å²) in [6.07, 6.45) is 12.2. The van der Waals surface area contributed by atoms with Crippen molar-refractivity contribution in [3.8, 4) is 0 Å². The molecule has 0 atom stereocenters. The first kappa shape index (κ1) is 25.8. The fraction of sp³-hybridized carbons (Fsp3) is 0.680. The van der Waals surface area contributed by atoms with E-state index < -0.39 is 28.4 Å². The van der Waals surface area contributed by atoms with Gasteiger partial charge in [0.15, 0.2) is 0 Å². The molecule has 0 unspecified atom stereocenters. The molecule has 30 heavy (non-hydrogen) atoms. The average molecular weight is 540 g/mol. The number of benzene rings is 1. The van der Waals surface area contributed by atoms with Gasteiger partial charge in [0.25, 0.3) is 0 Å². The molecule has 1 fully saturated rings. The van der Waals surface area contributed by atoms with E-state index in [4.69, 9.17) is 0 Å². The molecule has 0 amide bonds. The molecule has 1 aromatic rings. The van der Waals surface area contributed by atoms with Gasteiger partial charge in [-0.25, -0.2) is 0 Å². The zero-order valence-corrected chi connectivity index (χ0v) is 23.6. The quantitative estimate of drug-likeness (QED) is 0.232. The Labute approximate surface area is 190 Å². The number of allylic oxidation sites excluding steroid dienone is 1. The van der Waals surface area contributed by atoms with Gasteiger partial charge in [-0.2, -0.15) is 0 Å². The second-order valence-corrected chi connectivity index (χ2v) is 24.3. The molecule has 1 saturated carbocycles. The monoisotopic (exact) mass is 541 g/mol. The topological polar surface area (TPSA) is 37.4 Å². The Morgan fingerprint density at radius 3 is 1.83 bits per heavy atom. The normalized spacial score (nSPS) is 15.4. The maximum atomic E-state index is 13.7. The summed E-state index contributed by atoms with van der Waals surface area (Å²) in [7, 11) is -1.67. The first-order valence-electron chi connectivity index (χ1n) is 12.1. The Morgan fingerprint density at radius 1 is 0.967 bits per heavy atom. The molecule has 3 nitrogen and oxygen atoms in total. The van der Waals surface area contributed by atoms with Gasteiger partial charge in [0.2, 0.25) is 0 Å². The van der Waals surface area contributed by atoms with Gasteiger partial charge < -0.3 is 0 Å². The van der Waals surface area contributed by atoms with Crippen molar-refractivity contribution in [3.05, 3.63) is 39.6 Å². The molecule has 0 aromatic heterocycles. The molecule has 0 bridgehead atoms. The van der Waals surface area contributed by atoms with E-state index in [0.717, 1.165) is 5.56 Å². The Hall–Kier alpha value is -0.491. The number of sulfonamides is 1. The van der Waals surface area contributed by atoms with Gasteiger partial charge in [-0.1, -0.05) is 0 Å². The molecule has 1 aliphatic carbocycles. The number of unbranched alkanes of at least 4 members (excludes halogenated alkanes) is 3. The molecular weight excluding hydrogens is 497 g/mol. The Kier molecular flexibility index (Phi) is 10.3. The Balaban J connectivity index is 2.52. The van der Waals surface area contributed by atoms with E-state index in [9.17, 15) is 8.42 Å². The number of aryl methyl sites for hydroxylation is 1. The second-order valence-electron chi connectivity index (χ2n) is 9.27. The summed E-state index contributed by atoms with van der Waals surface area (Å²) < 4.78 is 34.2. The average Bonchev–Trinajstić information content (AvgIpc) is 3.56. The fourth-order valence-corrected chi connectivity index (χ4v) is 24.6. The number of hydrogen-bond donors (Lipinski definition) is 0. The van der Waals surface area contributed by atoms with Crippen LogP contribution in [0.25, 0.3) is 0 Å². The van der Waals surface area contributed by atoms with Crippen LogP contribution >= 0.6 is 0 Å². The predicted octanol–water partition coefficient (Wildman–Crippen LogP) is 7.30. The third-order valence-electron chi connectivity index (χ3n) is 6.60. The van der Waals surface area contributed by atoms with Crippen molar-refractivity contribution in [1.29, 1.82) is 0 Å². The molecular formula is C25H43NO2SSn. The summed E-state index contributed by atoms with van der Waals surface area (Å²) in [5.74, 6) is 0.594. The Bertz CT molecular complexity index is 760. The fourth-order valence-electron chi connectivity index (χ4n) is 4.40. The van der Waals surface area contributed by atoms with Gasteiger partial charge in [0.1, 0.15) is 0 Å². The van der Waals surface area contributed by atoms with Crippen LogP contribution in [-0.4, -0.2) is 38.1 Å². The first-order chi connectivity index (χ1) is 14.3. The molecule has 0 radical (unpaired) electrons. The predicted molar refractivity (Wildman–Crippen MR) is 132 cm³/mol. The van der Waals surface area contributed by atoms with Crippen molar-refractivity contribution in [2.45, 2.75) is 97.3 Å². The van der Waals surface area contributed by atoms with E-state index in [1.807, 2.05) is 26.1 Å². The zero-order chi connectivity index (χ0) is 22.2. The molecule has 0 aliphatic heterocycles. The summed E-state index contributed by atoms with van der Waals surface area (Å²) in [5, 5.41) is 0. The van der Waals surface area contributed by atoms with Crippen LogP contribution in [-0.2, 0) is 10.0 Å². The van der Waals surface area contributed by atoms with Gasteiger partial charge in [-0.3, -0.25) is 0 Å². The first-order valence-corrected chi connectivity index (χ1v) is 21.0. The van der Waals surface area contributed by atoms with Crippen molar-refractivity contribution in [1.82, 2.24) is 4.31 Å². The third kappa shape index (κ3) is 6.75. The number of rotatable bonds is 14. The molecule has 1 aromatic carbocycles. The van der Waals surface area contributed by atoms with Gasteiger partial charge >= 0.3 is 191 Å². The van der Waals surface area contributed by atoms with E-state index in [2.05, 4.69) is 26.8 Å². The van der Waals surface area contributed by atoms with Gasteiger partial charge in [0, 0.05) is 0 Å². The molecule has 0 saturated heterocycles. The van der Waals surface area contributed by atoms with Crippen LogP contribution in [0.2, 0.25) is 13.3 Å². The maximum absolute atomic E-state index is 13.7. The van der Waals surface area contributed by atoms with Gasteiger partial charge in [-0.05, 0) is 0 Å². The van der Waals surface area contributed by atoms with Crippen molar-refractivity contribution in [2.24, 2.45) is 5.92 Å². The van der Waals surface area contributed by atoms with Crippen LogP contribution in [0.1, 0.15) is 77.7 Å². The van der Waals surface area contributed by atoms with E-state index in [1.54, 1.807) is 16.4 Å². The van der Waals surface area contributed by atoms with Gasteiger partial charge in [0.05, 0.1) is 0 Å². The van der Waals surface area contributed by atoms with Crippen LogP contribution in [0.15, 0.2) is 38.9 Å². The molecule has 5 heteroatoms. The standard InChI is InChI=1S/C13H16NO2S.3C4H9.Sn/c1-11-3-7-13(8-4-11)17(15,16)14(2)10-9-12-5-6-12;3*1-3-4-2;/h3-4,7-9,12H,5-6H2,1-2H3;3*1,3-4H2,2H3;. The van der Waals surface area contributed by atoms with E-state index in [1.165, 1.54) is 68.4 Å². The molecule has 170 valence electrons. The van der Waals surface area contributed by atoms with E-state index in [0.29, 0.717) is 10.8 Å². The van der Waals surface area contributed by atoms with Crippen LogP contribution in [0.5, 0.6) is 0 Å². The molecule has 0 spiro atoms. The summed E-state index contributed by atoms with van der Waals surface area (Å²) in [5.41, 5.74) is 1.09. The number of nitrogens with zero attached hydrogens (tertiary/aromatic N) is 1. The second kappa shape index (κ2) is 11.9. The van der Waals surface area contributed by atoms with Crippen LogP contribution in [0.3, 0.4) is 0 Å². The van der Waals surface area contributed by atoms with Crippen molar-refractivity contribution in [3.63, 3.8) is 0 Å². The molecule has 0 heterocycles. The SMILES string of the molecule is CCC[CH2][Sn]([CH2]CCC)([CH2]CCC)/[C](=C/C1CC1)N(C)S(=O)(=O)c1ccc(C)cc1. The van der Waals surface area contributed by atoms with Crippen molar-refractivity contribution < 1.29 is 8.42 Å². The molecule has 2 rings (SSSR count). The van der Waals surface area contributed by atoms with Crippen LogP contribution < -0.4 is 0 Å². The van der Waals surface area contributed by atoms with Crippen LogP contribution in [0.4, 0.5) is 0 Å². The zero-order valence-electron chi connectivity index (χ0n) is 19.9. The van der Waals surface area contributed by atoms with Crippen molar-refractivity contribution >= 4 is 28.4 Å². The molecule has 0 N–H and O–H groups in total. The van der Waals surface area contributed by atoms with Crippen LogP contribution in [0, 0.1) is 12.8 Å². The molecule has 1 aliphatic rings. The summed E-state index contributed by atoms with van der Waals surface area (Å²) in [6, 6.07) is 7.37. The minimum atomic E-state index is -3.51. The number of hydrogen-bond acceptors (Lipinski definition) is 2. The van der Waals surface area contributed by atoms with Gasteiger partial charge in [-0.15, -0.1) is 0 Å². The summed E-state index contributed by atoms with van der Waals surface area (Å²) >= 11 is -2.88. The third-order valence-corrected chi connectivity index (χ3v) is 24.6.